The van der Waals surface area contributed by atoms with E-state index < -0.39 is 0 Å². The first-order valence-electron chi connectivity index (χ1n) is 7.37. The Morgan fingerprint density at radius 1 is 1.29 bits per heavy atom. The Labute approximate surface area is 125 Å². The molecule has 1 aliphatic heterocycles. The van der Waals surface area contributed by atoms with Crippen molar-refractivity contribution in [2.45, 2.75) is 26.5 Å². The van der Waals surface area contributed by atoms with Crippen LogP contribution in [0.15, 0.2) is 24.5 Å². The fourth-order valence-corrected chi connectivity index (χ4v) is 2.79. The number of nitrogens with zero attached hydrogens (tertiary/aromatic N) is 4. The molecular formula is C16H22N4O. The minimum absolute atomic E-state index is 0.0517. The van der Waals surface area contributed by atoms with Crippen molar-refractivity contribution in [3.63, 3.8) is 0 Å². The van der Waals surface area contributed by atoms with E-state index in [1.165, 1.54) is 5.56 Å². The van der Waals surface area contributed by atoms with Crippen molar-refractivity contribution in [2.75, 3.05) is 19.7 Å². The summed E-state index contributed by atoms with van der Waals surface area (Å²) >= 11 is 0. The third-order valence-corrected chi connectivity index (χ3v) is 3.85. The van der Waals surface area contributed by atoms with Crippen molar-refractivity contribution >= 4 is 0 Å². The molecule has 0 aromatic carbocycles. The molecule has 2 aromatic rings. The third kappa shape index (κ3) is 3.31. The van der Waals surface area contributed by atoms with Crippen LogP contribution in [0.1, 0.15) is 28.9 Å². The van der Waals surface area contributed by atoms with Gasteiger partial charge in [-0.05, 0) is 25.5 Å². The number of hydrogen-bond donors (Lipinski definition) is 0. The third-order valence-electron chi connectivity index (χ3n) is 3.85. The summed E-state index contributed by atoms with van der Waals surface area (Å²) in [5.41, 5.74) is 3.34. The van der Waals surface area contributed by atoms with E-state index >= 15 is 0 Å². The van der Waals surface area contributed by atoms with Gasteiger partial charge in [0.2, 0.25) is 0 Å². The number of pyridine rings is 1. The van der Waals surface area contributed by atoms with E-state index in [1.54, 1.807) is 0 Å². The van der Waals surface area contributed by atoms with Crippen LogP contribution in [0, 0.1) is 13.8 Å². The second-order valence-electron chi connectivity index (χ2n) is 5.75. The van der Waals surface area contributed by atoms with Crippen LogP contribution in [-0.4, -0.2) is 39.1 Å². The maximum Gasteiger partial charge on any atom is 0.139 e. The van der Waals surface area contributed by atoms with E-state index in [0.717, 1.165) is 43.5 Å². The van der Waals surface area contributed by atoms with E-state index in [1.807, 2.05) is 33.3 Å². The van der Waals surface area contributed by atoms with Crippen molar-refractivity contribution in [1.82, 2.24) is 19.4 Å². The Bertz CT molecular complexity index is 605. The van der Waals surface area contributed by atoms with Crippen LogP contribution in [0.2, 0.25) is 0 Å². The highest BCUT2D eigenvalue weighted by atomic mass is 16.5. The molecule has 0 amide bonds. The first-order chi connectivity index (χ1) is 10.1. The highest BCUT2D eigenvalue weighted by Crippen LogP contribution is 2.22. The second-order valence-corrected chi connectivity index (χ2v) is 5.75. The molecule has 0 saturated carbocycles. The van der Waals surface area contributed by atoms with E-state index in [2.05, 4.69) is 31.6 Å². The number of ether oxygens (including phenoxy) is 1. The first kappa shape index (κ1) is 14.2. The summed E-state index contributed by atoms with van der Waals surface area (Å²) in [6.07, 6.45) is 4.06. The van der Waals surface area contributed by atoms with Crippen LogP contribution in [0.5, 0.6) is 0 Å². The van der Waals surface area contributed by atoms with Gasteiger partial charge >= 0.3 is 0 Å². The topological polar surface area (TPSA) is 43.2 Å². The lowest BCUT2D eigenvalue weighted by molar-refractivity contribution is -0.0384. The molecular weight excluding hydrogens is 264 g/mol. The van der Waals surface area contributed by atoms with Crippen LogP contribution >= 0.6 is 0 Å². The zero-order valence-electron chi connectivity index (χ0n) is 12.9. The molecule has 0 N–H and O–H groups in total. The lowest BCUT2D eigenvalue weighted by atomic mass is 10.2. The summed E-state index contributed by atoms with van der Waals surface area (Å²) in [5, 5.41) is 0. The molecule has 1 fully saturated rings. The standard InChI is InChI=1S/C16H22N4O/c1-12-4-5-14(8-17-12)10-20-6-7-21-15(11-20)16-18-13(2)9-19(16)3/h4-5,8-9,15H,6-7,10-11H2,1-3H3. The molecule has 1 aliphatic rings. The van der Waals surface area contributed by atoms with Crippen LogP contribution in [0.4, 0.5) is 0 Å². The van der Waals surface area contributed by atoms with E-state index in [4.69, 9.17) is 4.74 Å². The number of imidazole rings is 1. The summed E-state index contributed by atoms with van der Waals surface area (Å²) in [6, 6.07) is 4.22. The average Bonchev–Trinajstić information content (AvgIpc) is 2.81. The summed E-state index contributed by atoms with van der Waals surface area (Å²) in [7, 11) is 2.03. The Kier molecular flexibility index (Phi) is 4.03. The van der Waals surface area contributed by atoms with Gasteiger partial charge in [0.25, 0.3) is 0 Å². The molecule has 5 nitrogen and oxygen atoms in total. The van der Waals surface area contributed by atoms with Crippen molar-refractivity contribution in [1.29, 1.82) is 0 Å². The van der Waals surface area contributed by atoms with Gasteiger partial charge in [0, 0.05) is 44.8 Å². The average molecular weight is 286 g/mol. The quantitative estimate of drug-likeness (QED) is 0.865. The minimum Gasteiger partial charge on any atom is -0.368 e. The molecule has 3 heterocycles. The number of aryl methyl sites for hydroxylation is 3. The van der Waals surface area contributed by atoms with Gasteiger partial charge in [0.05, 0.1) is 12.3 Å². The SMILES string of the molecule is Cc1ccc(CN2CCOC(c3nc(C)cn3C)C2)cn1. The van der Waals surface area contributed by atoms with E-state index in [9.17, 15) is 0 Å². The molecule has 0 spiro atoms. The molecule has 0 radical (unpaired) electrons. The largest absolute Gasteiger partial charge is 0.368 e. The van der Waals surface area contributed by atoms with Gasteiger partial charge in [-0.3, -0.25) is 9.88 Å². The predicted octanol–water partition coefficient (Wildman–Crippen LogP) is 2.01. The van der Waals surface area contributed by atoms with Crippen molar-refractivity contribution in [3.05, 3.63) is 47.3 Å². The fraction of sp³-hybridized carbons (Fsp3) is 0.500. The number of morpholine rings is 1. The molecule has 3 rings (SSSR count). The van der Waals surface area contributed by atoms with Gasteiger partial charge in [0.1, 0.15) is 11.9 Å². The van der Waals surface area contributed by atoms with Gasteiger partial charge < -0.3 is 9.30 Å². The lowest BCUT2D eigenvalue weighted by Crippen LogP contribution is -2.38. The lowest BCUT2D eigenvalue weighted by Gasteiger charge is -2.32. The minimum atomic E-state index is 0.0517. The zero-order valence-corrected chi connectivity index (χ0v) is 12.9. The molecule has 1 saturated heterocycles. The maximum atomic E-state index is 5.90. The summed E-state index contributed by atoms with van der Waals surface area (Å²) in [5.74, 6) is 1.01. The fourth-order valence-electron chi connectivity index (χ4n) is 2.79. The normalized spacial score (nSPS) is 19.9. The van der Waals surface area contributed by atoms with Gasteiger partial charge in [-0.1, -0.05) is 6.07 Å². The molecule has 5 heteroatoms. The van der Waals surface area contributed by atoms with Gasteiger partial charge in [-0.25, -0.2) is 4.98 Å². The molecule has 0 bridgehead atoms. The molecule has 1 atom stereocenters. The van der Waals surface area contributed by atoms with Crippen LogP contribution in [0.25, 0.3) is 0 Å². The highest BCUT2D eigenvalue weighted by molar-refractivity contribution is 5.13. The van der Waals surface area contributed by atoms with E-state index in [0.29, 0.717) is 0 Å². The smallest absolute Gasteiger partial charge is 0.139 e. The van der Waals surface area contributed by atoms with Crippen molar-refractivity contribution in [2.24, 2.45) is 7.05 Å². The van der Waals surface area contributed by atoms with Gasteiger partial charge in [0.15, 0.2) is 0 Å². The van der Waals surface area contributed by atoms with E-state index in [-0.39, 0.29) is 6.10 Å². The first-order valence-corrected chi connectivity index (χ1v) is 7.37. The monoisotopic (exact) mass is 286 g/mol. The van der Waals surface area contributed by atoms with Crippen molar-refractivity contribution in [3.8, 4) is 0 Å². The van der Waals surface area contributed by atoms with Crippen molar-refractivity contribution < 1.29 is 4.74 Å². The predicted molar refractivity (Wildman–Crippen MR) is 80.9 cm³/mol. The van der Waals surface area contributed by atoms with Crippen LogP contribution < -0.4 is 0 Å². The Morgan fingerprint density at radius 3 is 2.81 bits per heavy atom. The summed E-state index contributed by atoms with van der Waals surface area (Å²) in [4.78, 5) is 11.4. The summed E-state index contributed by atoms with van der Waals surface area (Å²) in [6.45, 7) is 7.51. The molecule has 0 aliphatic carbocycles. The van der Waals surface area contributed by atoms with Crippen LogP contribution in [-0.2, 0) is 18.3 Å². The molecule has 112 valence electrons. The van der Waals surface area contributed by atoms with Gasteiger partial charge in [-0.15, -0.1) is 0 Å². The highest BCUT2D eigenvalue weighted by Gasteiger charge is 2.25. The summed E-state index contributed by atoms with van der Waals surface area (Å²) < 4.78 is 7.97. The Balaban J connectivity index is 1.68. The second kappa shape index (κ2) is 5.95. The molecule has 21 heavy (non-hydrogen) atoms. The maximum absolute atomic E-state index is 5.90. The molecule has 1 unspecified atom stereocenters. The number of aromatic nitrogens is 3. The Morgan fingerprint density at radius 2 is 2.14 bits per heavy atom. The number of hydrogen-bond acceptors (Lipinski definition) is 4. The zero-order chi connectivity index (χ0) is 14.8. The van der Waals surface area contributed by atoms with Crippen LogP contribution in [0.3, 0.4) is 0 Å². The Hall–Kier alpha value is -1.72. The number of rotatable bonds is 3. The van der Waals surface area contributed by atoms with Gasteiger partial charge in [-0.2, -0.15) is 0 Å². The molecule has 2 aromatic heterocycles.